The van der Waals surface area contributed by atoms with Crippen LogP contribution in [0.5, 0.6) is 17.2 Å². The number of ether oxygens (including phenoxy) is 2. The third-order valence-electron chi connectivity index (χ3n) is 5.10. The number of nitrogens with one attached hydrogen (secondary N) is 1. The van der Waals surface area contributed by atoms with E-state index in [4.69, 9.17) is 14.9 Å². The number of hydrogen-bond donors (Lipinski definition) is 2. The predicted octanol–water partition coefficient (Wildman–Crippen LogP) is 4.93. The molecule has 0 bridgehead atoms. The van der Waals surface area contributed by atoms with E-state index in [1.807, 2.05) is 0 Å². The highest BCUT2D eigenvalue weighted by Crippen LogP contribution is 2.44. The highest BCUT2D eigenvalue weighted by molar-refractivity contribution is 5.89. The second-order valence-corrected chi connectivity index (χ2v) is 7.01. The van der Waals surface area contributed by atoms with Gasteiger partial charge in [-0.3, -0.25) is 10.4 Å². The number of phenolic OH excluding ortho intramolecular Hbond substituents is 1. The minimum absolute atomic E-state index is 0.0859. The van der Waals surface area contributed by atoms with Gasteiger partial charge in [-0.2, -0.15) is 5.26 Å². The van der Waals surface area contributed by atoms with Crippen molar-refractivity contribution >= 4 is 17.8 Å². The Bertz CT molecular complexity index is 1220. The third-order valence-corrected chi connectivity index (χ3v) is 5.10. The summed E-state index contributed by atoms with van der Waals surface area (Å²) in [6.07, 6.45) is 1.50. The largest absolute Gasteiger partial charge is 0.507 e. The molecule has 0 saturated heterocycles. The summed E-state index contributed by atoms with van der Waals surface area (Å²) in [5.74, 6) is -1.36. The highest BCUT2D eigenvalue weighted by atomic mass is 19.1. The first-order valence-corrected chi connectivity index (χ1v) is 9.46. The van der Waals surface area contributed by atoms with Gasteiger partial charge >= 0.3 is 0 Å². The van der Waals surface area contributed by atoms with Gasteiger partial charge in [0.05, 0.1) is 18.9 Å². The lowest BCUT2D eigenvalue weighted by Gasteiger charge is -2.30. The van der Waals surface area contributed by atoms with Crippen molar-refractivity contribution < 1.29 is 19.0 Å². The van der Waals surface area contributed by atoms with Gasteiger partial charge in [-0.25, -0.2) is 4.39 Å². The van der Waals surface area contributed by atoms with E-state index in [-0.39, 0.29) is 17.4 Å². The molecule has 0 spiro atoms. The number of rotatable bonds is 4. The molecule has 2 atom stereocenters. The van der Waals surface area contributed by atoms with Gasteiger partial charge in [0.25, 0.3) is 0 Å². The number of methoxy groups -OCH3 is 1. The summed E-state index contributed by atoms with van der Waals surface area (Å²) in [6.45, 7) is 0. The topological polar surface area (TPSA) is 98.7 Å². The van der Waals surface area contributed by atoms with E-state index >= 15 is 0 Å². The van der Waals surface area contributed by atoms with Gasteiger partial charge in [-0.05, 0) is 48.0 Å². The van der Waals surface area contributed by atoms with Crippen molar-refractivity contribution in [3.8, 4) is 23.3 Å². The Labute approximate surface area is 178 Å². The summed E-state index contributed by atoms with van der Waals surface area (Å²) in [7, 11) is 1.58. The van der Waals surface area contributed by atoms with Crippen molar-refractivity contribution in [3.63, 3.8) is 0 Å². The van der Waals surface area contributed by atoms with E-state index in [9.17, 15) is 14.8 Å². The van der Waals surface area contributed by atoms with E-state index in [2.05, 4.69) is 11.1 Å². The van der Waals surface area contributed by atoms with Crippen LogP contribution >= 0.6 is 0 Å². The quantitative estimate of drug-likeness (QED) is 0.590. The molecule has 0 fully saturated rings. The van der Waals surface area contributed by atoms with Gasteiger partial charge in [0, 0.05) is 29.3 Å². The lowest BCUT2D eigenvalue weighted by Crippen LogP contribution is -2.31. The van der Waals surface area contributed by atoms with Crippen molar-refractivity contribution in [3.05, 3.63) is 83.2 Å². The number of aromatic hydroxyl groups is 1. The van der Waals surface area contributed by atoms with Gasteiger partial charge in [0.2, 0.25) is 5.90 Å². The molecule has 154 valence electrons. The first-order chi connectivity index (χ1) is 15.0. The van der Waals surface area contributed by atoms with Crippen LogP contribution in [0.1, 0.15) is 22.6 Å². The number of hydrogen-bond acceptors (Lipinski definition) is 6. The number of aliphatic imine (C=N–C) groups is 1. The average molecular weight is 415 g/mol. The van der Waals surface area contributed by atoms with Crippen molar-refractivity contribution in [1.29, 1.82) is 10.7 Å². The lowest BCUT2D eigenvalue weighted by molar-refractivity contribution is 0.415. The fraction of sp³-hybridized carbons (Fsp3) is 0.125. The lowest BCUT2D eigenvalue weighted by atomic mass is 9.78. The Morgan fingerprint density at radius 1 is 1.19 bits per heavy atom. The zero-order valence-corrected chi connectivity index (χ0v) is 16.5. The van der Waals surface area contributed by atoms with Crippen LogP contribution in [-0.4, -0.2) is 24.3 Å². The summed E-state index contributed by atoms with van der Waals surface area (Å²) in [5, 5.41) is 28.2. The molecule has 2 N–H and O–H groups in total. The number of benzene rings is 3. The Morgan fingerprint density at radius 3 is 2.65 bits per heavy atom. The Hall–Kier alpha value is -4.18. The molecule has 3 aromatic rings. The summed E-state index contributed by atoms with van der Waals surface area (Å²) < 4.78 is 24.5. The monoisotopic (exact) mass is 415 g/mol. The van der Waals surface area contributed by atoms with E-state index in [1.165, 1.54) is 24.4 Å². The Balaban J connectivity index is 1.78. The maximum atomic E-state index is 13.9. The molecule has 3 aromatic carbocycles. The molecule has 1 aliphatic heterocycles. The molecular weight excluding hydrogens is 397 g/mol. The van der Waals surface area contributed by atoms with Crippen LogP contribution in [0.4, 0.5) is 10.1 Å². The molecule has 7 heteroatoms. The molecule has 4 rings (SSSR count). The smallest absolute Gasteiger partial charge is 0.205 e. The molecule has 0 aromatic heterocycles. The molecule has 2 unspecified atom stereocenters. The molecule has 0 amide bonds. The fourth-order valence-corrected chi connectivity index (χ4v) is 3.57. The molecule has 0 saturated carbocycles. The van der Waals surface area contributed by atoms with Gasteiger partial charge in [-0.1, -0.05) is 12.1 Å². The van der Waals surface area contributed by atoms with Crippen LogP contribution in [-0.2, 0) is 0 Å². The SMILES string of the molecule is COc1ccc(N=Cc2cc3c(cc2O)OC(=N)C(C#N)C3c2cccc(F)c2)cc1. The zero-order valence-electron chi connectivity index (χ0n) is 16.5. The summed E-state index contributed by atoms with van der Waals surface area (Å²) in [6, 6.07) is 18.2. The predicted molar refractivity (Wildman–Crippen MR) is 114 cm³/mol. The van der Waals surface area contributed by atoms with Crippen LogP contribution in [0.15, 0.2) is 65.7 Å². The van der Waals surface area contributed by atoms with Crippen LogP contribution < -0.4 is 9.47 Å². The van der Waals surface area contributed by atoms with E-state index in [0.717, 1.165) is 0 Å². The van der Waals surface area contributed by atoms with Gasteiger partial charge < -0.3 is 14.6 Å². The average Bonchev–Trinajstić information content (AvgIpc) is 2.77. The van der Waals surface area contributed by atoms with Crippen molar-refractivity contribution in [2.75, 3.05) is 7.11 Å². The van der Waals surface area contributed by atoms with Crippen LogP contribution in [0.25, 0.3) is 0 Å². The maximum absolute atomic E-state index is 13.9. The molecule has 1 aliphatic rings. The minimum Gasteiger partial charge on any atom is -0.507 e. The number of nitrogens with zero attached hydrogens (tertiary/aromatic N) is 2. The minimum atomic E-state index is -0.926. The van der Waals surface area contributed by atoms with Crippen LogP contribution in [0.2, 0.25) is 0 Å². The second kappa shape index (κ2) is 8.28. The first kappa shape index (κ1) is 20.1. The molecule has 0 aliphatic carbocycles. The van der Waals surface area contributed by atoms with E-state index in [1.54, 1.807) is 49.6 Å². The number of phenols is 1. The summed E-state index contributed by atoms with van der Waals surface area (Å²) in [5.41, 5.74) is 2.18. The molecule has 6 nitrogen and oxygen atoms in total. The normalized spacial score (nSPS) is 17.6. The maximum Gasteiger partial charge on any atom is 0.205 e. The molecule has 0 radical (unpaired) electrons. The Morgan fingerprint density at radius 2 is 1.97 bits per heavy atom. The third kappa shape index (κ3) is 3.96. The molecule has 31 heavy (non-hydrogen) atoms. The second-order valence-electron chi connectivity index (χ2n) is 7.01. The highest BCUT2D eigenvalue weighted by Gasteiger charge is 2.37. The number of nitriles is 1. The summed E-state index contributed by atoms with van der Waals surface area (Å²) in [4.78, 5) is 4.38. The Kier molecular flexibility index (Phi) is 5.37. The first-order valence-electron chi connectivity index (χ1n) is 9.46. The van der Waals surface area contributed by atoms with Crippen molar-refractivity contribution in [2.45, 2.75) is 5.92 Å². The molecule has 1 heterocycles. The van der Waals surface area contributed by atoms with E-state index in [0.29, 0.717) is 28.1 Å². The standard InChI is InChI=1S/C24H18FN3O3/c1-30-18-7-5-17(6-8-18)28-13-15-10-19-22(11-21(15)29)31-24(27)20(12-26)23(19)14-3-2-4-16(25)9-14/h2-11,13,20,23,27,29H,1H3. The van der Waals surface area contributed by atoms with Crippen molar-refractivity contribution in [1.82, 2.24) is 0 Å². The van der Waals surface area contributed by atoms with Gasteiger partial charge in [0.15, 0.2) is 0 Å². The molecular formula is C24H18FN3O3. The van der Waals surface area contributed by atoms with Crippen LogP contribution in [0.3, 0.4) is 0 Å². The number of halogens is 1. The zero-order chi connectivity index (χ0) is 22.0. The van der Waals surface area contributed by atoms with Gasteiger partial charge in [-0.15, -0.1) is 0 Å². The van der Waals surface area contributed by atoms with Gasteiger partial charge in [0.1, 0.15) is 29.0 Å². The number of fused-ring (bicyclic) bond motifs is 1. The van der Waals surface area contributed by atoms with E-state index < -0.39 is 17.7 Å². The summed E-state index contributed by atoms with van der Waals surface area (Å²) >= 11 is 0. The van der Waals surface area contributed by atoms with Crippen molar-refractivity contribution in [2.24, 2.45) is 10.9 Å². The fourth-order valence-electron chi connectivity index (χ4n) is 3.57. The van der Waals surface area contributed by atoms with Crippen LogP contribution in [0, 0.1) is 28.5 Å².